The zero-order chi connectivity index (χ0) is 12.6. The van der Waals surface area contributed by atoms with Gasteiger partial charge in [-0.3, -0.25) is 0 Å². The molecule has 1 aromatic carbocycles. The highest BCUT2D eigenvalue weighted by molar-refractivity contribution is 5.29. The summed E-state index contributed by atoms with van der Waals surface area (Å²) in [6.07, 6.45) is -4.39. The molecule has 3 N–H and O–H groups in total. The molecule has 0 unspecified atom stereocenters. The number of benzene rings is 1. The Morgan fingerprint density at radius 1 is 1.25 bits per heavy atom. The molecule has 0 aliphatic carbocycles. The summed E-state index contributed by atoms with van der Waals surface area (Å²) in [5.74, 6) is 0. The number of hydrogen-bond donors (Lipinski definition) is 2. The predicted molar refractivity (Wildman–Crippen MR) is 54.7 cm³/mol. The molecule has 0 fully saturated rings. The molecule has 2 nitrogen and oxygen atoms in total. The Bertz CT molecular complexity index is 368. The van der Waals surface area contributed by atoms with Crippen LogP contribution in [0.1, 0.15) is 31.0 Å². The highest BCUT2D eigenvalue weighted by Crippen LogP contribution is 2.32. The third-order valence-electron chi connectivity index (χ3n) is 2.33. The van der Waals surface area contributed by atoms with Gasteiger partial charge >= 0.3 is 6.18 Å². The van der Waals surface area contributed by atoms with E-state index in [1.165, 1.54) is 26.0 Å². The van der Waals surface area contributed by atoms with Crippen molar-refractivity contribution in [3.05, 3.63) is 35.4 Å². The first kappa shape index (κ1) is 13.0. The van der Waals surface area contributed by atoms with Crippen molar-refractivity contribution in [1.82, 2.24) is 0 Å². The summed E-state index contributed by atoms with van der Waals surface area (Å²) >= 11 is 0. The van der Waals surface area contributed by atoms with Gasteiger partial charge in [-0.15, -0.1) is 0 Å². The number of nitrogens with two attached hydrogens (primary N) is 1. The van der Waals surface area contributed by atoms with Crippen LogP contribution in [0.3, 0.4) is 0 Å². The van der Waals surface area contributed by atoms with Crippen molar-refractivity contribution in [3.8, 4) is 0 Å². The van der Waals surface area contributed by atoms with Crippen molar-refractivity contribution in [1.29, 1.82) is 0 Å². The quantitative estimate of drug-likeness (QED) is 0.824. The minimum atomic E-state index is -4.39. The van der Waals surface area contributed by atoms with Gasteiger partial charge in [-0.1, -0.05) is 12.1 Å². The Hall–Kier alpha value is -1.07. The van der Waals surface area contributed by atoms with E-state index < -0.39 is 23.4 Å². The van der Waals surface area contributed by atoms with Crippen LogP contribution in [-0.4, -0.2) is 10.7 Å². The number of alkyl halides is 3. The van der Waals surface area contributed by atoms with Gasteiger partial charge in [0.05, 0.1) is 17.2 Å². The van der Waals surface area contributed by atoms with Crippen molar-refractivity contribution in [2.24, 2.45) is 5.73 Å². The highest BCUT2D eigenvalue weighted by atomic mass is 19.4. The second kappa shape index (κ2) is 4.07. The van der Waals surface area contributed by atoms with Crippen LogP contribution >= 0.6 is 0 Å². The fourth-order valence-corrected chi connectivity index (χ4v) is 1.32. The van der Waals surface area contributed by atoms with Gasteiger partial charge in [0.1, 0.15) is 0 Å². The molecule has 0 radical (unpaired) electrons. The number of aliphatic hydroxyl groups is 1. The van der Waals surface area contributed by atoms with E-state index in [2.05, 4.69) is 0 Å². The Balaban J connectivity index is 3.09. The van der Waals surface area contributed by atoms with Crippen molar-refractivity contribution < 1.29 is 18.3 Å². The summed E-state index contributed by atoms with van der Waals surface area (Å²) in [7, 11) is 0. The summed E-state index contributed by atoms with van der Waals surface area (Å²) in [4.78, 5) is 0. The summed E-state index contributed by atoms with van der Waals surface area (Å²) in [5, 5.41) is 9.63. The van der Waals surface area contributed by atoms with Gasteiger partial charge in [-0.25, -0.2) is 0 Å². The van der Waals surface area contributed by atoms with Crippen LogP contribution < -0.4 is 5.73 Å². The zero-order valence-corrected chi connectivity index (χ0v) is 9.05. The van der Waals surface area contributed by atoms with E-state index in [1.807, 2.05) is 0 Å². The SMILES string of the molecule is CC(C)(O)[C@H](N)c1cccc(C(F)(F)F)c1. The molecule has 0 saturated carbocycles. The molecule has 0 bridgehead atoms. The molecule has 0 saturated heterocycles. The van der Waals surface area contributed by atoms with Gasteiger partial charge in [0.2, 0.25) is 0 Å². The molecule has 16 heavy (non-hydrogen) atoms. The van der Waals surface area contributed by atoms with Crippen LogP contribution in [0.2, 0.25) is 0 Å². The monoisotopic (exact) mass is 233 g/mol. The lowest BCUT2D eigenvalue weighted by Crippen LogP contribution is -2.35. The van der Waals surface area contributed by atoms with Gasteiger partial charge in [0, 0.05) is 0 Å². The Morgan fingerprint density at radius 3 is 2.25 bits per heavy atom. The average Bonchev–Trinajstić information content (AvgIpc) is 2.14. The fraction of sp³-hybridized carbons (Fsp3) is 0.455. The first-order valence-electron chi connectivity index (χ1n) is 4.77. The Morgan fingerprint density at radius 2 is 1.81 bits per heavy atom. The third kappa shape index (κ3) is 2.96. The van der Waals surface area contributed by atoms with Crippen molar-refractivity contribution in [2.45, 2.75) is 31.7 Å². The summed E-state index contributed by atoms with van der Waals surface area (Å²) in [5.41, 5.74) is 3.91. The van der Waals surface area contributed by atoms with Crippen LogP contribution in [0.5, 0.6) is 0 Å². The molecule has 1 aromatic rings. The second-order valence-corrected chi connectivity index (χ2v) is 4.25. The lowest BCUT2D eigenvalue weighted by atomic mass is 9.92. The van der Waals surface area contributed by atoms with Crippen molar-refractivity contribution in [3.63, 3.8) is 0 Å². The molecule has 0 heterocycles. The Labute approximate surface area is 91.9 Å². The van der Waals surface area contributed by atoms with E-state index in [9.17, 15) is 18.3 Å². The number of rotatable bonds is 2. The largest absolute Gasteiger partial charge is 0.416 e. The van der Waals surface area contributed by atoms with Crippen LogP contribution in [0.4, 0.5) is 13.2 Å². The predicted octanol–water partition coefficient (Wildman–Crippen LogP) is 2.48. The maximum absolute atomic E-state index is 12.4. The summed E-state index contributed by atoms with van der Waals surface area (Å²) in [6, 6.07) is 3.83. The van der Waals surface area contributed by atoms with Crippen molar-refractivity contribution in [2.75, 3.05) is 0 Å². The van der Waals surface area contributed by atoms with Crippen LogP contribution in [0, 0.1) is 0 Å². The minimum Gasteiger partial charge on any atom is -0.388 e. The average molecular weight is 233 g/mol. The molecule has 0 aromatic heterocycles. The van der Waals surface area contributed by atoms with Gasteiger partial charge in [0.25, 0.3) is 0 Å². The molecule has 1 atom stereocenters. The summed E-state index contributed by atoms with van der Waals surface area (Å²) < 4.78 is 37.3. The summed E-state index contributed by atoms with van der Waals surface area (Å²) in [6.45, 7) is 2.91. The molecule has 0 aliphatic rings. The van der Waals surface area contributed by atoms with E-state index in [4.69, 9.17) is 5.73 Å². The smallest absolute Gasteiger partial charge is 0.388 e. The van der Waals surface area contributed by atoms with E-state index in [-0.39, 0.29) is 5.56 Å². The molecule has 5 heteroatoms. The molecule has 0 aliphatic heterocycles. The first-order valence-corrected chi connectivity index (χ1v) is 4.77. The van der Waals surface area contributed by atoms with Crippen LogP contribution in [0.25, 0.3) is 0 Å². The number of halogens is 3. The van der Waals surface area contributed by atoms with E-state index in [0.29, 0.717) is 0 Å². The Kier molecular flexibility index (Phi) is 3.30. The molecule has 1 rings (SSSR count). The van der Waals surface area contributed by atoms with Gasteiger partial charge < -0.3 is 10.8 Å². The molecular weight excluding hydrogens is 219 g/mol. The van der Waals surface area contributed by atoms with Gasteiger partial charge in [0.15, 0.2) is 0 Å². The molecule has 0 spiro atoms. The lowest BCUT2D eigenvalue weighted by molar-refractivity contribution is -0.137. The first-order chi connectivity index (χ1) is 7.12. The normalized spacial score (nSPS) is 14.9. The van der Waals surface area contributed by atoms with Crippen LogP contribution in [0.15, 0.2) is 24.3 Å². The number of hydrogen-bond acceptors (Lipinski definition) is 2. The fourth-order valence-electron chi connectivity index (χ4n) is 1.32. The third-order valence-corrected chi connectivity index (χ3v) is 2.33. The second-order valence-electron chi connectivity index (χ2n) is 4.25. The minimum absolute atomic E-state index is 0.266. The van der Waals surface area contributed by atoms with E-state index in [1.54, 1.807) is 0 Å². The van der Waals surface area contributed by atoms with Crippen LogP contribution in [-0.2, 0) is 6.18 Å². The van der Waals surface area contributed by atoms with E-state index >= 15 is 0 Å². The van der Waals surface area contributed by atoms with Crippen molar-refractivity contribution >= 4 is 0 Å². The standard InChI is InChI=1S/C11H14F3NO/c1-10(2,16)9(15)7-4-3-5-8(6-7)11(12,13)14/h3-6,9,16H,15H2,1-2H3/t9-/m1/s1. The zero-order valence-electron chi connectivity index (χ0n) is 9.05. The maximum atomic E-state index is 12.4. The maximum Gasteiger partial charge on any atom is 0.416 e. The van der Waals surface area contributed by atoms with E-state index in [0.717, 1.165) is 12.1 Å². The topological polar surface area (TPSA) is 46.2 Å². The molecule has 0 amide bonds. The van der Waals surface area contributed by atoms with Gasteiger partial charge in [-0.05, 0) is 31.5 Å². The lowest BCUT2D eigenvalue weighted by Gasteiger charge is -2.26. The highest BCUT2D eigenvalue weighted by Gasteiger charge is 2.32. The molecular formula is C11H14F3NO. The van der Waals surface area contributed by atoms with Gasteiger partial charge in [-0.2, -0.15) is 13.2 Å². The molecule has 90 valence electrons.